The van der Waals surface area contributed by atoms with Crippen LogP contribution in [0.5, 0.6) is 11.5 Å². The molecule has 8 heteroatoms. The van der Waals surface area contributed by atoms with Gasteiger partial charge >= 0.3 is 0 Å². The number of unbranched alkanes of at least 4 members (excludes halogenated alkanes) is 1. The first-order chi connectivity index (χ1) is 17.5. The van der Waals surface area contributed by atoms with Crippen molar-refractivity contribution in [1.82, 2.24) is 0 Å². The van der Waals surface area contributed by atoms with Crippen LogP contribution in [-0.4, -0.2) is 31.6 Å². The SMILES string of the molecule is CCCCOc1ccc([C@H]2[C@@H]3C(=O)N(c4ccccc4Cl)C(=O)[C@H]3ON2c2ccccc2)cc1OC. The van der Waals surface area contributed by atoms with Crippen molar-refractivity contribution in [2.24, 2.45) is 5.92 Å². The highest BCUT2D eigenvalue weighted by Gasteiger charge is 2.60. The molecule has 3 atom stereocenters. The second-order valence-corrected chi connectivity index (χ2v) is 9.14. The van der Waals surface area contributed by atoms with Gasteiger partial charge in [0.15, 0.2) is 17.6 Å². The Morgan fingerprint density at radius 3 is 2.42 bits per heavy atom. The van der Waals surface area contributed by atoms with Gasteiger partial charge in [0.05, 0.1) is 36.2 Å². The number of carbonyl (C=O) groups is 2. The van der Waals surface area contributed by atoms with Crippen LogP contribution in [0.2, 0.25) is 5.02 Å². The van der Waals surface area contributed by atoms with Crippen LogP contribution in [-0.2, 0) is 14.4 Å². The van der Waals surface area contributed by atoms with E-state index >= 15 is 0 Å². The van der Waals surface area contributed by atoms with Gasteiger partial charge in [0.25, 0.3) is 5.91 Å². The Balaban J connectivity index is 1.56. The molecule has 2 amide bonds. The van der Waals surface area contributed by atoms with E-state index in [-0.39, 0.29) is 5.91 Å². The number of benzene rings is 3. The molecular formula is C28H27ClN2O5. The molecular weight excluding hydrogens is 480 g/mol. The number of fused-ring (bicyclic) bond motifs is 1. The Morgan fingerprint density at radius 2 is 1.69 bits per heavy atom. The maximum Gasteiger partial charge on any atom is 0.266 e. The van der Waals surface area contributed by atoms with Crippen LogP contribution in [0.3, 0.4) is 0 Å². The smallest absolute Gasteiger partial charge is 0.266 e. The Morgan fingerprint density at radius 1 is 0.944 bits per heavy atom. The summed E-state index contributed by atoms with van der Waals surface area (Å²) in [4.78, 5) is 34.6. The van der Waals surface area contributed by atoms with E-state index in [4.69, 9.17) is 25.9 Å². The number of carbonyl (C=O) groups excluding carboxylic acids is 2. The molecule has 0 bridgehead atoms. The number of amides is 2. The standard InChI is InChI=1S/C28H27ClN2O5/c1-3-4-16-35-22-15-14-18(17-23(22)34-2)25-24-26(36-31(25)19-10-6-5-7-11-19)28(33)30(27(24)32)21-13-9-8-12-20(21)29/h5-15,17,24-26H,3-4,16H2,1-2H3/t24-,25-,26-/m0/s1. The lowest BCUT2D eigenvalue weighted by Crippen LogP contribution is -2.37. The first kappa shape index (κ1) is 24.2. The number of nitrogens with zero attached hydrogens (tertiary/aromatic N) is 2. The van der Waals surface area contributed by atoms with E-state index in [1.165, 1.54) is 0 Å². The number of hydrogen-bond donors (Lipinski definition) is 0. The number of imide groups is 1. The van der Waals surface area contributed by atoms with Gasteiger partial charge in [-0.25, -0.2) is 9.96 Å². The van der Waals surface area contributed by atoms with Crippen LogP contribution in [0.25, 0.3) is 0 Å². The molecule has 5 rings (SSSR count). The summed E-state index contributed by atoms with van der Waals surface area (Å²) in [6.07, 6.45) is 0.972. The lowest BCUT2D eigenvalue weighted by molar-refractivity contribution is -0.126. The van der Waals surface area contributed by atoms with E-state index in [1.807, 2.05) is 48.5 Å². The number of anilines is 2. The minimum absolute atomic E-state index is 0.325. The van der Waals surface area contributed by atoms with Crippen molar-refractivity contribution in [3.05, 3.63) is 83.4 Å². The van der Waals surface area contributed by atoms with Crippen LogP contribution in [0.15, 0.2) is 72.8 Å². The molecule has 0 aliphatic carbocycles. The summed E-state index contributed by atoms with van der Waals surface area (Å²) in [5.41, 5.74) is 1.87. The predicted octanol–water partition coefficient (Wildman–Crippen LogP) is 5.58. The highest BCUT2D eigenvalue weighted by molar-refractivity contribution is 6.36. The van der Waals surface area contributed by atoms with Gasteiger partial charge in [0.1, 0.15) is 5.92 Å². The highest BCUT2D eigenvalue weighted by Crippen LogP contribution is 2.49. The molecule has 2 saturated heterocycles. The fraction of sp³-hybridized carbons (Fsp3) is 0.286. The van der Waals surface area contributed by atoms with Gasteiger partial charge < -0.3 is 9.47 Å². The van der Waals surface area contributed by atoms with E-state index < -0.39 is 24.0 Å². The van der Waals surface area contributed by atoms with E-state index in [0.717, 1.165) is 29.0 Å². The lowest BCUT2D eigenvalue weighted by Gasteiger charge is -2.29. The van der Waals surface area contributed by atoms with Crippen molar-refractivity contribution in [3.8, 4) is 11.5 Å². The third kappa shape index (κ3) is 4.18. The monoisotopic (exact) mass is 506 g/mol. The molecule has 0 N–H and O–H groups in total. The minimum Gasteiger partial charge on any atom is -0.493 e. The van der Waals surface area contributed by atoms with E-state index in [1.54, 1.807) is 36.4 Å². The molecule has 3 aromatic carbocycles. The normalized spacial score (nSPS) is 21.1. The number of rotatable bonds is 8. The Bertz CT molecular complexity index is 1270. The molecule has 0 spiro atoms. The number of halogens is 1. The third-order valence-electron chi connectivity index (χ3n) is 6.50. The molecule has 2 aliphatic heterocycles. The van der Waals surface area contributed by atoms with Crippen molar-refractivity contribution in [3.63, 3.8) is 0 Å². The molecule has 186 valence electrons. The summed E-state index contributed by atoms with van der Waals surface area (Å²) < 4.78 is 11.5. The van der Waals surface area contributed by atoms with Gasteiger partial charge in [0.2, 0.25) is 5.91 Å². The summed E-state index contributed by atoms with van der Waals surface area (Å²) in [7, 11) is 1.58. The molecule has 2 fully saturated rings. The van der Waals surface area contributed by atoms with E-state index in [9.17, 15) is 9.59 Å². The maximum absolute atomic E-state index is 13.8. The number of methoxy groups -OCH3 is 1. The Hall–Kier alpha value is -3.55. The summed E-state index contributed by atoms with van der Waals surface area (Å²) in [5, 5.41) is 1.98. The topological polar surface area (TPSA) is 68.3 Å². The Kier molecular flexibility index (Phi) is 6.85. The molecule has 36 heavy (non-hydrogen) atoms. The van der Waals surface area contributed by atoms with E-state index in [2.05, 4.69) is 6.92 Å². The molecule has 7 nitrogen and oxygen atoms in total. The van der Waals surface area contributed by atoms with Gasteiger partial charge in [-0.3, -0.25) is 14.4 Å². The van der Waals surface area contributed by atoms with Crippen LogP contribution < -0.4 is 19.4 Å². The summed E-state index contributed by atoms with van der Waals surface area (Å²) >= 11 is 6.35. The zero-order chi connectivity index (χ0) is 25.2. The summed E-state index contributed by atoms with van der Waals surface area (Å²) in [6.45, 7) is 2.68. The fourth-order valence-electron chi connectivity index (χ4n) is 4.74. The summed E-state index contributed by atoms with van der Waals surface area (Å²) in [6, 6.07) is 21.3. The first-order valence-electron chi connectivity index (χ1n) is 12.0. The predicted molar refractivity (Wildman–Crippen MR) is 137 cm³/mol. The fourth-order valence-corrected chi connectivity index (χ4v) is 4.96. The zero-order valence-electron chi connectivity index (χ0n) is 20.1. The molecule has 0 unspecified atom stereocenters. The van der Waals surface area contributed by atoms with Gasteiger partial charge in [-0.05, 0) is 48.4 Å². The van der Waals surface area contributed by atoms with Crippen molar-refractivity contribution in [2.75, 3.05) is 23.7 Å². The molecule has 3 aromatic rings. The van der Waals surface area contributed by atoms with Gasteiger partial charge in [0, 0.05) is 0 Å². The highest BCUT2D eigenvalue weighted by atomic mass is 35.5. The molecule has 0 radical (unpaired) electrons. The lowest BCUT2D eigenvalue weighted by atomic mass is 9.90. The van der Waals surface area contributed by atoms with Gasteiger partial charge in [-0.2, -0.15) is 0 Å². The second kappa shape index (κ2) is 10.2. The maximum atomic E-state index is 13.8. The average Bonchev–Trinajstić information content (AvgIpc) is 3.41. The molecule has 0 saturated carbocycles. The minimum atomic E-state index is -0.981. The largest absolute Gasteiger partial charge is 0.493 e. The number of hydroxylamine groups is 1. The molecule has 0 aromatic heterocycles. The number of hydrogen-bond acceptors (Lipinski definition) is 6. The van der Waals surface area contributed by atoms with Gasteiger partial charge in [-0.15, -0.1) is 0 Å². The summed E-state index contributed by atoms with van der Waals surface area (Å²) in [5.74, 6) is -0.384. The van der Waals surface area contributed by atoms with Crippen molar-refractivity contribution in [1.29, 1.82) is 0 Å². The number of ether oxygens (including phenoxy) is 2. The molecule has 2 aliphatic rings. The van der Waals surface area contributed by atoms with Crippen LogP contribution >= 0.6 is 11.6 Å². The Labute approximate surface area is 215 Å². The third-order valence-corrected chi connectivity index (χ3v) is 6.82. The molecule has 2 heterocycles. The second-order valence-electron chi connectivity index (χ2n) is 8.73. The first-order valence-corrected chi connectivity index (χ1v) is 12.4. The zero-order valence-corrected chi connectivity index (χ0v) is 20.9. The van der Waals surface area contributed by atoms with Crippen LogP contribution in [0.1, 0.15) is 31.4 Å². The average molecular weight is 507 g/mol. The van der Waals surface area contributed by atoms with Gasteiger partial charge in [-0.1, -0.05) is 61.3 Å². The van der Waals surface area contributed by atoms with Crippen LogP contribution in [0, 0.1) is 5.92 Å². The van der Waals surface area contributed by atoms with Crippen molar-refractivity contribution < 1.29 is 23.9 Å². The van der Waals surface area contributed by atoms with Crippen molar-refractivity contribution >= 4 is 34.8 Å². The van der Waals surface area contributed by atoms with E-state index in [0.29, 0.717) is 28.8 Å². The quantitative estimate of drug-likeness (QED) is 0.293. The number of para-hydroxylation sites is 2. The van der Waals surface area contributed by atoms with Crippen LogP contribution in [0.4, 0.5) is 11.4 Å². The van der Waals surface area contributed by atoms with Crippen molar-refractivity contribution in [2.45, 2.75) is 31.9 Å².